The minimum absolute atomic E-state index is 0.222. The molecule has 0 radical (unpaired) electrons. The van der Waals surface area contributed by atoms with Crippen LogP contribution in [-0.2, 0) is 17.1 Å². The van der Waals surface area contributed by atoms with Crippen molar-refractivity contribution in [1.82, 2.24) is 10.1 Å². The van der Waals surface area contributed by atoms with Gasteiger partial charge in [0.15, 0.2) is 5.82 Å². The number of benzene rings is 2. The molecule has 25 heavy (non-hydrogen) atoms. The number of aromatic nitrogens is 2. The van der Waals surface area contributed by atoms with Crippen molar-refractivity contribution in [2.24, 2.45) is 0 Å². The summed E-state index contributed by atoms with van der Waals surface area (Å²) >= 11 is 4.87. The maximum absolute atomic E-state index is 12.4. The first kappa shape index (κ1) is 17.7. The molecule has 1 aromatic heterocycles. The maximum Gasteiger partial charge on any atom is 0.339 e. The van der Waals surface area contributed by atoms with Gasteiger partial charge >= 0.3 is 5.97 Å². The van der Waals surface area contributed by atoms with E-state index in [0.29, 0.717) is 23.0 Å². The first-order valence-electron chi connectivity index (χ1n) is 7.54. The third kappa shape index (κ3) is 4.93. The predicted molar refractivity (Wildman–Crippen MR) is 98.3 cm³/mol. The molecule has 0 atom stereocenters. The lowest BCUT2D eigenvalue weighted by molar-refractivity contribution is 0.0468. The SMILES string of the molecule is Cc1noc(CSc2ccccc2C(=O)OCc2cccc(Br)c2)n1. The Morgan fingerprint density at radius 2 is 2.08 bits per heavy atom. The fourth-order valence-corrected chi connectivity index (χ4v) is 3.48. The summed E-state index contributed by atoms with van der Waals surface area (Å²) in [7, 11) is 0. The quantitative estimate of drug-likeness (QED) is 0.423. The van der Waals surface area contributed by atoms with Crippen LogP contribution in [0.15, 0.2) is 62.4 Å². The molecular formula is C18H15BrN2O3S. The summed E-state index contributed by atoms with van der Waals surface area (Å²) < 4.78 is 11.5. The van der Waals surface area contributed by atoms with Crippen LogP contribution >= 0.6 is 27.7 Å². The van der Waals surface area contributed by atoms with Gasteiger partial charge in [0.1, 0.15) is 6.61 Å². The van der Waals surface area contributed by atoms with Gasteiger partial charge in [0.05, 0.1) is 11.3 Å². The molecular weight excluding hydrogens is 404 g/mol. The second-order valence-electron chi connectivity index (χ2n) is 5.23. The minimum Gasteiger partial charge on any atom is -0.457 e. The summed E-state index contributed by atoms with van der Waals surface area (Å²) in [4.78, 5) is 17.4. The van der Waals surface area contributed by atoms with E-state index in [1.54, 1.807) is 13.0 Å². The molecule has 0 bridgehead atoms. The lowest BCUT2D eigenvalue weighted by Crippen LogP contribution is -2.06. The molecule has 128 valence electrons. The second-order valence-corrected chi connectivity index (χ2v) is 7.16. The van der Waals surface area contributed by atoms with Crippen LogP contribution in [0.5, 0.6) is 0 Å². The molecule has 0 saturated carbocycles. The standard InChI is InChI=1S/C18H15BrN2O3S/c1-12-20-17(24-21-12)11-25-16-8-3-2-7-15(16)18(22)23-10-13-5-4-6-14(19)9-13/h2-9H,10-11H2,1H3. The van der Waals surface area contributed by atoms with E-state index in [9.17, 15) is 4.79 Å². The molecule has 5 nitrogen and oxygen atoms in total. The summed E-state index contributed by atoms with van der Waals surface area (Å²) in [5.74, 6) is 1.26. The Balaban J connectivity index is 1.65. The molecule has 0 N–H and O–H groups in total. The zero-order chi connectivity index (χ0) is 17.6. The highest BCUT2D eigenvalue weighted by atomic mass is 79.9. The van der Waals surface area contributed by atoms with Crippen molar-refractivity contribution in [3.63, 3.8) is 0 Å². The molecule has 0 aliphatic carbocycles. The van der Waals surface area contributed by atoms with Crippen LogP contribution in [-0.4, -0.2) is 16.1 Å². The highest BCUT2D eigenvalue weighted by Crippen LogP contribution is 2.26. The molecule has 0 fully saturated rings. The Hall–Kier alpha value is -2.12. The van der Waals surface area contributed by atoms with Crippen LogP contribution in [0, 0.1) is 6.92 Å². The van der Waals surface area contributed by atoms with Gasteiger partial charge in [0.25, 0.3) is 0 Å². The van der Waals surface area contributed by atoms with E-state index in [1.165, 1.54) is 11.8 Å². The summed E-state index contributed by atoms with van der Waals surface area (Å²) in [5.41, 5.74) is 1.45. The van der Waals surface area contributed by atoms with Gasteiger partial charge in [0, 0.05) is 9.37 Å². The third-order valence-corrected chi connectivity index (χ3v) is 4.84. The number of hydrogen-bond donors (Lipinski definition) is 0. The average Bonchev–Trinajstić information content (AvgIpc) is 3.03. The van der Waals surface area contributed by atoms with Gasteiger partial charge in [-0.25, -0.2) is 4.79 Å². The number of halogens is 1. The molecule has 0 amide bonds. The van der Waals surface area contributed by atoms with Gasteiger partial charge in [-0.2, -0.15) is 4.98 Å². The number of carbonyl (C=O) groups is 1. The van der Waals surface area contributed by atoms with Crippen LogP contribution in [0.4, 0.5) is 0 Å². The van der Waals surface area contributed by atoms with Crippen molar-refractivity contribution in [2.45, 2.75) is 24.2 Å². The molecule has 0 spiro atoms. The average molecular weight is 419 g/mol. The van der Waals surface area contributed by atoms with E-state index in [2.05, 4.69) is 26.1 Å². The normalized spacial score (nSPS) is 10.6. The van der Waals surface area contributed by atoms with Crippen molar-refractivity contribution < 1.29 is 14.1 Å². The molecule has 0 saturated heterocycles. The smallest absolute Gasteiger partial charge is 0.339 e. The van der Waals surface area contributed by atoms with Crippen molar-refractivity contribution in [2.75, 3.05) is 0 Å². The van der Waals surface area contributed by atoms with Gasteiger partial charge in [-0.05, 0) is 36.8 Å². The largest absolute Gasteiger partial charge is 0.457 e. The fraction of sp³-hybridized carbons (Fsp3) is 0.167. The van der Waals surface area contributed by atoms with Crippen molar-refractivity contribution in [1.29, 1.82) is 0 Å². The van der Waals surface area contributed by atoms with Crippen LogP contribution in [0.1, 0.15) is 27.6 Å². The Bertz CT molecular complexity index is 882. The number of thioether (sulfide) groups is 1. The molecule has 0 aliphatic heterocycles. The number of carbonyl (C=O) groups excluding carboxylic acids is 1. The van der Waals surface area contributed by atoms with Crippen LogP contribution in [0.2, 0.25) is 0 Å². The predicted octanol–water partition coefficient (Wildman–Crippen LogP) is 4.79. The van der Waals surface area contributed by atoms with Crippen molar-refractivity contribution >= 4 is 33.7 Å². The molecule has 7 heteroatoms. The lowest BCUT2D eigenvalue weighted by atomic mass is 10.2. The van der Waals surface area contributed by atoms with Gasteiger partial charge < -0.3 is 9.26 Å². The monoisotopic (exact) mass is 418 g/mol. The van der Waals surface area contributed by atoms with E-state index >= 15 is 0 Å². The van der Waals surface area contributed by atoms with Crippen LogP contribution in [0.3, 0.4) is 0 Å². The first-order chi connectivity index (χ1) is 12.1. The molecule has 3 aromatic rings. The highest BCUT2D eigenvalue weighted by molar-refractivity contribution is 9.10. The number of aryl methyl sites for hydroxylation is 1. The fourth-order valence-electron chi connectivity index (χ4n) is 2.15. The molecule has 2 aromatic carbocycles. The lowest BCUT2D eigenvalue weighted by Gasteiger charge is -2.09. The van der Waals surface area contributed by atoms with E-state index in [1.807, 2.05) is 42.5 Å². The van der Waals surface area contributed by atoms with E-state index in [0.717, 1.165) is 14.9 Å². The number of nitrogens with zero attached hydrogens (tertiary/aromatic N) is 2. The van der Waals surface area contributed by atoms with E-state index < -0.39 is 0 Å². The molecule has 0 aliphatic rings. The molecule has 0 unspecified atom stereocenters. The highest BCUT2D eigenvalue weighted by Gasteiger charge is 2.14. The van der Waals surface area contributed by atoms with Crippen LogP contribution < -0.4 is 0 Å². The van der Waals surface area contributed by atoms with Gasteiger partial charge in [0.2, 0.25) is 5.89 Å². The first-order valence-corrected chi connectivity index (χ1v) is 9.32. The molecule has 3 rings (SSSR count). The Labute approximate surface area is 157 Å². The minimum atomic E-state index is -0.357. The van der Waals surface area contributed by atoms with Gasteiger partial charge in [-0.15, -0.1) is 11.8 Å². The van der Waals surface area contributed by atoms with Crippen molar-refractivity contribution in [3.05, 3.63) is 75.8 Å². The molecule has 1 heterocycles. The van der Waals surface area contributed by atoms with Crippen LogP contribution in [0.25, 0.3) is 0 Å². The third-order valence-electron chi connectivity index (χ3n) is 3.29. The van der Waals surface area contributed by atoms with E-state index in [-0.39, 0.29) is 12.6 Å². The summed E-state index contributed by atoms with van der Waals surface area (Å²) in [6, 6.07) is 15.0. The number of ether oxygens (including phenoxy) is 1. The Kier molecular flexibility index (Phi) is 5.88. The summed E-state index contributed by atoms with van der Waals surface area (Å²) in [5, 5.41) is 3.76. The topological polar surface area (TPSA) is 65.2 Å². The number of esters is 1. The van der Waals surface area contributed by atoms with E-state index in [4.69, 9.17) is 9.26 Å². The van der Waals surface area contributed by atoms with Gasteiger partial charge in [-0.1, -0.05) is 45.4 Å². The Morgan fingerprint density at radius 1 is 1.24 bits per heavy atom. The summed E-state index contributed by atoms with van der Waals surface area (Å²) in [6.07, 6.45) is 0. The zero-order valence-electron chi connectivity index (χ0n) is 13.4. The maximum atomic E-state index is 12.4. The zero-order valence-corrected chi connectivity index (χ0v) is 15.8. The van der Waals surface area contributed by atoms with Crippen molar-refractivity contribution in [3.8, 4) is 0 Å². The Morgan fingerprint density at radius 3 is 2.84 bits per heavy atom. The second kappa shape index (κ2) is 8.31. The summed E-state index contributed by atoms with van der Waals surface area (Å²) in [6.45, 7) is 1.99. The number of rotatable bonds is 6. The number of hydrogen-bond acceptors (Lipinski definition) is 6. The van der Waals surface area contributed by atoms with Gasteiger partial charge in [-0.3, -0.25) is 0 Å².